The van der Waals surface area contributed by atoms with Crippen molar-refractivity contribution in [1.29, 1.82) is 0 Å². The molecule has 1 saturated carbocycles. The first-order valence-corrected chi connectivity index (χ1v) is 22.0. The van der Waals surface area contributed by atoms with Crippen LogP contribution in [0.4, 0.5) is 11.4 Å². The molecule has 0 radical (unpaired) electrons. The Hall–Kier alpha value is -4.62. The molecule has 0 spiro atoms. The summed E-state index contributed by atoms with van der Waals surface area (Å²) in [7, 11) is -5.13. The van der Waals surface area contributed by atoms with Gasteiger partial charge < -0.3 is 10.2 Å². The zero-order valence-electron chi connectivity index (χ0n) is 30.8. The van der Waals surface area contributed by atoms with Crippen molar-refractivity contribution in [3.05, 3.63) is 180 Å². The molecule has 2 N–H and O–H groups in total. The summed E-state index contributed by atoms with van der Waals surface area (Å²) in [5.74, 6) is 0. The van der Waals surface area contributed by atoms with Crippen LogP contribution < -0.4 is 31.4 Å². The van der Waals surface area contributed by atoms with Gasteiger partial charge in [-0.2, -0.15) is 0 Å². The van der Waals surface area contributed by atoms with Gasteiger partial charge in [0.2, 0.25) is 0 Å². The van der Waals surface area contributed by atoms with Crippen molar-refractivity contribution in [3.8, 4) is 0 Å². The Balaban J connectivity index is 1.51. The number of nitrogens with one attached hydrogen (secondary N) is 2. The lowest BCUT2D eigenvalue weighted by atomic mass is 9.92. The van der Waals surface area contributed by atoms with Crippen LogP contribution in [0.25, 0.3) is 0 Å². The van der Waals surface area contributed by atoms with Gasteiger partial charge in [-0.1, -0.05) is 171 Å². The summed E-state index contributed by atoms with van der Waals surface area (Å²) in [6, 6.07) is 57.0. The highest BCUT2D eigenvalue weighted by Crippen LogP contribution is 2.54. The minimum absolute atomic E-state index is 0.0193. The van der Waals surface area contributed by atoms with Crippen LogP contribution in [0.2, 0.25) is 0 Å². The number of hydrogen-bond acceptors (Lipinski definition) is 2. The lowest BCUT2D eigenvalue weighted by molar-refractivity contribution is 0.393. The van der Waals surface area contributed by atoms with Crippen molar-refractivity contribution in [2.24, 2.45) is 9.49 Å². The third-order valence-electron chi connectivity index (χ3n) is 10.4. The second kappa shape index (κ2) is 16.0. The normalized spacial score (nSPS) is 16.2. The number of para-hydroxylation sites is 2. The molecule has 0 unspecified atom stereocenters. The zero-order chi connectivity index (χ0) is 36.0. The number of rotatable bonds is 10. The largest absolute Gasteiger partial charge is 0.345 e. The van der Waals surface area contributed by atoms with Gasteiger partial charge in [-0.05, 0) is 62.8 Å². The summed E-state index contributed by atoms with van der Waals surface area (Å²) in [6.45, 7) is 8.82. The molecule has 1 fully saturated rings. The predicted molar refractivity (Wildman–Crippen MR) is 228 cm³/mol. The van der Waals surface area contributed by atoms with E-state index in [1.165, 1.54) is 54.8 Å². The first-order valence-electron chi connectivity index (χ1n) is 18.5. The number of benzene rings is 6. The quantitative estimate of drug-likeness (QED) is 0.138. The minimum atomic E-state index is -2.57. The fraction of sp³-hybridized carbons (Fsp3) is 0.217. The van der Waals surface area contributed by atoms with Gasteiger partial charge in [0.05, 0.1) is 12.1 Å². The zero-order valence-corrected chi connectivity index (χ0v) is 32.6. The molecule has 6 heteroatoms. The number of hydrogen-bond donors (Lipinski definition) is 2. The summed E-state index contributed by atoms with van der Waals surface area (Å²) < 4.78 is 12.4. The monoisotopic (exact) mass is 720 g/mol. The first kappa shape index (κ1) is 35.8. The van der Waals surface area contributed by atoms with E-state index in [1.54, 1.807) is 0 Å². The summed E-state index contributed by atoms with van der Waals surface area (Å²) in [5, 5.41) is 13.3. The van der Waals surface area contributed by atoms with Crippen LogP contribution in [0, 0.1) is 27.7 Å². The average molecular weight is 721 g/mol. The lowest BCUT2D eigenvalue weighted by Crippen LogP contribution is -2.32. The van der Waals surface area contributed by atoms with E-state index in [9.17, 15) is 0 Å². The van der Waals surface area contributed by atoms with Crippen molar-refractivity contribution in [2.75, 3.05) is 10.2 Å². The van der Waals surface area contributed by atoms with E-state index in [0.29, 0.717) is 0 Å². The molecule has 0 aliphatic heterocycles. The van der Waals surface area contributed by atoms with Crippen molar-refractivity contribution >= 4 is 47.0 Å². The SMILES string of the molecule is Cc1cccc(C)c1NP(=N[C@H]1CCCC[C@@H]1N=P(Nc1c(C)cccc1C)(c1ccccc1)c1ccccc1)(c1ccccc1)c1ccccc1. The third-order valence-corrected chi connectivity index (χ3v) is 16.9. The topological polar surface area (TPSA) is 48.8 Å². The Morgan fingerprint density at radius 2 is 0.654 bits per heavy atom. The summed E-state index contributed by atoms with van der Waals surface area (Å²) in [4.78, 5) is 0. The average Bonchev–Trinajstić information content (AvgIpc) is 3.19. The Bertz CT molecular complexity index is 1930. The van der Waals surface area contributed by atoms with Crippen LogP contribution in [-0.4, -0.2) is 12.1 Å². The van der Waals surface area contributed by atoms with E-state index in [-0.39, 0.29) is 12.1 Å². The molecule has 1 aliphatic carbocycles. The van der Waals surface area contributed by atoms with E-state index >= 15 is 0 Å². The maximum atomic E-state index is 6.18. The van der Waals surface area contributed by atoms with Crippen molar-refractivity contribution in [3.63, 3.8) is 0 Å². The molecule has 0 bridgehead atoms. The summed E-state index contributed by atoms with van der Waals surface area (Å²) in [5.41, 5.74) is 7.26. The molecule has 2 atom stereocenters. The van der Waals surface area contributed by atoms with Crippen molar-refractivity contribution in [1.82, 2.24) is 0 Å². The van der Waals surface area contributed by atoms with Crippen molar-refractivity contribution in [2.45, 2.75) is 65.5 Å². The summed E-state index contributed by atoms with van der Waals surface area (Å²) >= 11 is 0. The second-order valence-corrected chi connectivity index (χ2v) is 19.5. The first-order chi connectivity index (χ1) is 25.4. The van der Waals surface area contributed by atoms with Crippen molar-refractivity contribution < 1.29 is 0 Å². The third kappa shape index (κ3) is 7.34. The highest BCUT2D eigenvalue weighted by molar-refractivity contribution is 7.82. The Morgan fingerprint density at radius 3 is 0.923 bits per heavy atom. The molecule has 264 valence electrons. The summed E-state index contributed by atoms with van der Waals surface area (Å²) in [6.07, 6.45) is 4.27. The van der Waals surface area contributed by atoms with Gasteiger partial charge in [-0.3, -0.25) is 9.49 Å². The molecule has 7 rings (SSSR count). The Labute approximate surface area is 311 Å². The van der Waals surface area contributed by atoms with Crippen LogP contribution >= 0.6 is 14.4 Å². The Morgan fingerprint density at radius 1 is 0.385 bits per heavy atom. The molecular weight excluding hydrogens is 670 g/mol. The van der Waals surface area contributed by atoms with E-state index < -0.39 is 14.4 Å². The van der Waals surface area contributed by atoms with E-state index in [2.05, 4.69) is 196 Å². The lowest BCUT2D eigenvalue weighted by Gasteiger charge is -2.37. The highest BCUT2D eigenvalue weighted by Gasteiger charge is 2.35. The van der Waals surface area contributed by atoms with Gasteiger partial charge in [0.15, 0.2) is 0 Å². The number of aryl methyl sites for hydroxylation is 4. The molecule has 0 heterocycles. The molecule has 0 amide bonds. The van der Waals surface area contributed by atoms with E-state index in [1.807, 2.05) is 0 Å². The Kier molecular flexibility index (Phi) is 11.0. The van der Waals surface area contributed by atoms with Gasteiger partial charge >= 0.3 is 0 Å². The van der Waals surface area contributed by atoms with Crippen LogP contribution in [0.1, 0.15) is 47.9 Å². The fourth-order valence-electron chi connectivity index (χ4n) is 7.57. The number of nitrogens with zero attached hydrogens (tertiary/aromatic N) is 2. The fourth-order valence-corrected chi connectivity index (χ4v) is 14.5. The smallest absolute Gasteiger partial charge is 0.109 e. The molecule has 1 aliphatic rings. The van der Waals surface area contributed by atoms with Gasteiger partial charge in [-0.25, -0.2) is 0 Å². The maximum absolute atomic E-state index is 6.18. The molecule has 6 aromatic carbocycles. The molecule has 52 heavy (non-hydrogen) atoms. The number of anilines is 2. The van der Waals surface area contributed by atoms with E-state index in [4.69, 9.17) is 9.49 Å². The molecule has 0 saturated heterocycles. The molecular formula is C46H50N4P2. The maximum Gasteiger partial charge on any atom is 0.109 e. The van der Waals surface area contributed by atoms with Crippen LogP contribution in [0.5, 0.6) is 0 Å². The van der Waals surface area contributed by atoms with E-state index in [0.717, 1.165) is 25.7 Å². The second-order valence-electron chi connectivity index (χ2n) is 14.0. The predicted octanol–water partition coefficient (Wildman–Crippen LogP) is 11.3. The van der Waals surface area contributed by atoms with Crippen LogP contribution in [0.15, 0.2) is 167 Å². The van der Waals surface area contributed by atoms with Gasteiger partial charge in [0.25, 0.3) is 0 Å². The minimum Gasteiger partial charge on any atom is -0.345 e. The van der Waals surface area contributed by atoms with Gasteiger partial charge in [0.1, 0.15) is 14.4 Å². The van der Waals surface area contributed by atoms with Gasteiger partial charge in [0, 0.05) is 32.6 Å². The molecule has 4 nitrogen and oxygen atoms in total. The molecule has 6 aromatic rings. The van der Waals surface area contributed by atoms with Crippen LogP contribution in [-0.2, 0) is 0 Å². The highest BCUT2D eigenvalue weighted by atomic mass is 31.2. The molecule has 0 aromatic heterocycles. The van der Waals surface area contributed by atoms with Gasteiger partial charge in [-0.15, -0.1) is 0 Å². The van der Waals surface area contributed by atoms with Crippen LogP contribution in [0.3, 0.4) is 0 Å². The standard InChI is InChI=1S/C46H50N4P2/c1-35-21-19-22-36(2)45(35)49-51(39-25-9-5-10-26-39,40-27-11-6-12-28-40)47-43-33-17-18-34-44(43)48-52(41-29-13-7-14-30-41,42-31-15-8-16-32-42)50-46-37(3)23-20-24-38(46)4/h5-16,19-32,43-44,49-50H,17-18,33-34H2,1-4H3/t43-,44-/m0/s1.